The van der Waals surface area contributed by atoms with Gasteiger partial charge in [0.2, 0.25) is 5.91 Å². The van der Waals surface area contributed by atoms with Gasteiger partial charge in [0.05, 0.1) is 18.7 Å². The number of rotatable bonds is 3. The van der Waals surface area contributed by atoms with Gasteiger partial charge in [-0.1, -0.05) is 6.07 Å². The number of carbonyl (C=O) groups is 2. The van der Waals surface area contributed by atoms with Gasteiger partial charge in [0.25, 0.3) is 5.91 Å². The van der Waals surface area contributed by atoms with Crippen molar-refractivity contribution in [3.8, 4) is 5.75 Å². The molecule has 2 N–H and O–H groups in total. The number of fused-ring (bicyclic) bond motifs is 1. The smallest absolute Gasteiger partial charge is 0.274 e. The largest absolute Gasteiger partial charge is 0.494 e. The molecule has 0 unspecified atom stereocenters. The lowest BCUT2D eigenvalue weighted by Crippen LogP contribution is -2.39. The Hall–Kier alpha value is -2.93. The molecule has 2 aromatic rings. The lowest BCUT2D eigenvalue weighted by atomic mass is 9.70. The normalized spacial score (nSPS) is 21.3. The quantitative estimate of drug-likeness (QED) is 0.640. The first-order chi connectivity index (χ1) is 13.1. The Labute approximate surface area is 156 Å². The minimum absolute atomic E-state index is 0.108. The highest BCUT2D eigenvalue weighted by Gasteiger charge is 2.49. The molecule has 0 radical (unpaired) electrons. The number of hydrogen-bond acceptors (Lipinski definition) is 5. The highest BCUT2D eigenvalue weighted by Crippen LogP contribution is 2.46. The lowest BCUT2D eigenvalue weighted by molar-refractivity contribution is -0.126. The summed E-state index contributed by atoms with van der Waals surface area (Å²) in [6, 6.07) is 7.14. The zero-order valence-electron chi connectivity index (χ0n) is 15.1. The fourth-order valence-corrected chi connectivity index (χ4v) is 4.26. The molecule has 1 fully saturated rings. The minimum Gasteiger partial charge on any atom is -0.494 e. The summed E-state index contributed by atoms with van der Waals surface area (Å²) in [5.41, 5.74) is 4.52. The highest BCUT2D eigenvalue weighted by molar-refractivity contribution is 6.01. The molecule has 27 heavy (non-hydrogen) atoms. The SMILES string of the molecule is COc1ccncc1N1CC[C@@]2(CCc3cc(C(=O)NO)ccc3C2)C1=O. The van der Waals surface area contributed by atoms with Crippen molar-refractivity contribution in [3.63, 3.8) is 0 Å². The Balaban J connectivity index is 1.61. The number of ether oxygens (including phenoxy) is 1. The molecule has 0 bridgehead atoms. The van der Waals surface area contributed by atoms with Gasteiger partial charge in [0, 0.05) is 24.4 Å². The van der Waals surface area contributed by atoms with E-state index < -0.39 is 11.3 Å². The molecule has 1 aromatic carbocycles. The Bertz CT molecular complexity index is 914. The number of hydroxylamine groups is 1. The standard InChI is InChI=1S/C20H21N3O4/c1-27-17-5-8-21-12-16(17)23-9-7-20(19(23)25)6-4-13-10-14(18(24)22-26)2-3-15(13)11-20/h2-3,5,8,10,12,26H,4,6-7,9,11H2,1H3,(H,22,24)/t20-/m1/s1. The van der Waals surface area contributed by atoms with Crippen LogP contribution in [0.3, 0.4) is 0 Å². The van der Waals surface area contributed by atoms with E-state index in [0.29, 0.717) is 30.0 Å². The Morgan fingerprint density at radius 2 is 2.15 bits per heavy atom. The van der Waals surface area contributed by atoms with E-state index in [0.717, 1.165) is 30.4 Å². The van der Waals surface area contributed by atoms with Crippen LogP contribution in [-0.4, -0.2) is 35.7 Å². The Morgan fingerprint density at radius 3 is 2.93 bits per heavy atom. The van der Waals surface area contributed by atoms with Gasteiger partial charge in [-0.15, -0.1) is 0 Å². The predicted molar refractivity (Wildman–Crippen MR) is 97.9 cm³/mol. The van der Waals surface area contributed by atoms with E-state index >= 15 is 0 Å². The zero-order valence-corrected chi connectivity index (χ0v) is 15.1. The van der Waals surface area contributed by atoms with E-state index in [1.165, 1.54) is 0 Å². The molecular weight excluding hydrogens is 346 g/mol. The maximum Gasteiger partial charge on any atom is 0.274 e. The third-order valence-corrected chi connectivity index (χ3v) is 5.76. The van der Waals surface area contributed by atoms with Crippen LogP contribution in [0.5, 0.6) is 5.75 Å². The fraction of sp³-hybridized carbons (Fsp3) is 0.350. The maximum absolute atomic E-state index is 13.3. The molecule has 0 saturated carbocycles. The van der Waals surface area contributed by atoms with Crippen molar-refractivity contribution >= 4 is 17.5 Å². The van der Waals surface area contributed by atoms with Crippen molar-refractivity contribution in [1.29, 1.82) is 0 Å². The molecular formula is C20H21N3O4. The summed E-state index contributed by atoms with van der Waals surface area (Å²) in [6.07, 6.45) is 6.22. The van der Waals surface area contributed by atoms with Gasteiger partial charge >= 0.3 is 0 Å². The van der Waals surface area contributed by atoms with Gasteiger partial charge in [-0.3, -0.25) is 19.8 Å². The van der Waals surface area contributed by atoms with Gasteiger partial charge in [-0.25, -0.2) is 5.48 Å². The molecule has 2 heterocycles. The summed E-state index contributed by atoms with van der Waals surface area (Å²) in [5.74, 6) is 0.229. The molecule has 1 aliphatic carbocycles. The van der Waals surface area contributed by atoms with Crippen LogP contribution in [0.2, 0.25) is 0 Å². The summed E-state index contributed by atoms with van der Waals surface area (Å²) in [4.78, 5) is 30.9. The van der Waals surface area contributed by atoms with Crippen molar-refractivity contribution in [2.45, 2.75) is 25.7 Å². The predicted octanol–water partition coefficient (Wildman–Crippen LogP) is 2.12. The zero-order chi connectivity index (χ0) is 19.0. The van der Waals surface area contributed by atoms with Gasteiger partial charge in [0.1, 0.15) is 11.4 Å². The van der Waals surface area contributed by atoms with Crippen LogP contribution < -0.4 is 15.1 Å². The molecule has 2 aliphatic rings. The highest BCUT2D eigenvalue weighted by atomic mass is 16.5. The van der Waals surface area contributed by atoms with E-state index in [-0.39, 0.29) is 5.91 Å². The van der Waals surface area contributed by atoms with Gasteiger partial charge in [-0.05, 0) is 48.9 Å². The summed E-state index contributed by atoms with van der Waals surface area (Å²) >= 11 is 0. The third-order valence-electron chi connectivity index (χ3n) is 5.76. The van der Waals surface area contributed by atoms with Crippen molar-refractivity contribution in [3.05, 3.63) is 53.3 Å². The molecule has 140 valence electrons. The van der Waals surface area contributed by atoms with Crippen LogP contribution in [0.25, 0.3) is 0 Å². The number of aromatic nitrogens is 1. The Kier molecular flexibility index (Phi) is 4.31. The molecule has 7 heteroatoms. The van der Waals surface area contributed by atoms with Crippen molar-refractivity contribution in [1.82, 2.24) is 10.5 Å². The molecule has 7 nitrogen and oxygen atoms in total. The van der Waals surface area contributed by atoms with Gasteiger partial charge in [-0.2, -0.15) is 0 Å². The number of benzene rings is 1. The molecule has 1 aliphatic heterocycles. The number of hydrogen-bond donors (Lipinski definition) is 2. The number of aryl methyl sites for hydroxylation is 1. The van der Waals surface area contributed by atoms with E-state index in [1.807, 2.05) is 6.07 Å². The van der Waals surface area contributed by atoms with Crippen molar-refractivity contribution in [2.24, 2.45) is 5.41 Å². The van der Waals surface area contributed by atoms with Crippen LogP contribution in [0, 0.1) is 5.41 Å². The summed E-state index contributed by atoms with van der Waals surface area (Å²) in [5, 5.41) is 8.81. The number of amides is 2. The van der Waals surface area contributed by atoms with Crippen molar-refractivity contribution in [2.75, 3.05) is 18.6 Å². The lowest BCUT2D eigenvalue weighted by Gasteiger charge is -2.33. The number of pyridine rings is 1. The van der Waals surface area contributed by atoms with E-state index in [1.54, 1.807) is 48.1 Å². The number of nitrogens with one attached hydrogen (secondary N) is 1. The summed E-state index contributed by atoms with van der Waals surface area (Å²) < 4.78 is 5.39. The topological polar surface area (TPSA) is 91.8 Å². The molecule has 1 aromatic heterocycles. The first-order valence-corrected chi connectivity index (χ1v) is 8.94. The summed E-state index contributed by atoms with van der Waals surface area (Å²) in [7, 11) is 1.59. The molecule has 1 atom stereocenters. The van der Waals surface area contributed by atoms with Crippen LogP contribution >= 0.6 is 0 Å². The van der Waals surface area contributed by atoms with Crippen LogP contribution in [0.15, 0.2) is 36.7 Å². The fourth-order valence-electron chi connectivity index (χ4n) is 4.26. The average molecular weight is 367 g/mol. The van der Waals surface area contributed by atoms with Crippen molar-refractivity contribution < 1.29 is 19.5 Å². The van der Waals surface area contributed by atoms with Gasteiger partial charge < -0.3 is 9.64 Å². The number of anilines is 1. The van der Waals surface area contributed by atoms with E-state index in [4.69, 9.17) is 9.94 Å². The maximum atomic E-state index is 13.3. The molecule has 2 amide bonds. The number of carbonyl (C=O) groups excluding carboxylic acids is 2. The van der Waals surface area contributed by atoms with Crippen LogP contribution in [0.4, 0.5) is 5.69 Å². The first kappa shape index (κ1) is 17.5. The third kappa shape index (κ3) is 2.84. The summed E-state index contributed by atoms with van der Waals surface area (Å²) in [6.45, 7) is 0.640. The van der Waals surface area contributed by atoms with Crippen LogP contribution in [0.1, 0.15) is 34.3 Å². The van der Waals surface area contributed by atoms with Crippen LogP contribution in [-0.2, 0) is 17.6 Å². The number of nitrogens with zero attached hydrogens (tertiary/aromatic N) is 2. The Morgan fingerprint density at radius 1 is 1.30 bits per heavy atom. The number of methoxy groups -OCH3 is 1. The molecule has 1 spiro atoms. The average Bonchev–Trinajstić information content (AvgIpc) is 3.02. The molecule has 4 rings (SSSR count). The van der Waals surface area contributed by atoms with Gasteiger partial charge in [0.15, 0.2) is 0 Å². The monoisotopic (exact) mass is 367 g/mol. The molecule has 1 saturated heterocycles. The second kappa shape index (κ2) is 6.66. The first-order valence-electron chi connectivity index (χ1n) is 8.94. The van der Waals surface area contributed by atoms with E-state index in [9.17, 15) is 9.59 Å². The second-order valence-corrected chi connectivity index (χ2v) is 7.14. The second-order valence-electron chi connectivity index (χ2n) is 7.14. The van der Waals surface area contributed by atoms with E-state index in [2.05, 4.69) is 4.98 Å². The minimum atomic E-state index is -0.523.